The maximum absolute atomic E-state index is 11.7. The average Bonchev–Trinajstić information content (AvgIpc) is 2.60. The summed E-state index contributed by atoms with van der Waals surface area (Å²) in [6.45, 7) is 6.42. The molecule has 0 aromatic heterocycles. The summed E-state index contributed by atoms with van der Waals surface area (Å²) in [4.78, 5) is 24.3. The van der Waals surface area contributed by atoms with E-state index in [9.17, 15) is 9.59 Å². The number of carbonyl (C=O) groups excluding carboxylic acids is 1. The molecule has 0 saturated carbocycles. The second-order valence-corrected chi connectivity index (χ2v) is 4.40. The summed E-state index contributed by atoms with van der Waals surface area (Å²) in [5.41, 5.74) is 0. The normalized spacial score (nSPS) is 24.4. The molecule has 0 radical (unpaired) electrons. The number of allylic oxidation sites excluding steroid dienone is 1. The topological polar surface area (TPSA) is 57.6 Å². The van der Waals surface area contributed by atoms with Gasteiger partial charge in [-0.3, -0.25) is 9.59 Å². The van der Waals surface area contributed by atoms with Crippen molar-refractivity contribution in [3.63, 3.8) is 0 Å². The molecule has 16 heavy (non-hydrogen) atoms. The van der Waals surface area contributed by atoms with Crippen molar-refractivity contribution in [2.24, 2.45) is 11.8 Å². The maximum atomic E-state index is 11.7. The number of rotatable bonds is 5. The Morgan fingerprint density at radius 1 is 1.50 bits per heavy atom. The molecule has 0 aromatic rings. The molecule has 0 aromatic carbocycles. The number of unbranched alkanes of at least 4 members (excludes halogenated alkanes) is 1. The number of hydrogen-bond donors (Lipinski definition) is 1. The Labute approximate surface area is 95.9 Å². The van der Waals surface area contributed by atoms with Crippen molar-refractivity contribution in [1.29, 1.82) is 0 Å². The van der Waals surface area contributed by atoms with E-state index in [4.69, 9.17) is 5.11 Å². The van der Waals surface area contributed by atoms with Crippen LogP contribution in [0.3, 0.4) is 0 Å². The summed E-state index contributed by atoms with van der Waals surface area (Å²) in [7, 11) is 0. The molecule has 1 fully saturated rings. The molecule has 0 spiro atoms. The number of carboxylic acids is 1. The summed E-state index contributed by atoms with van der Waals surface area (Å²) in [6.07, 6.45) is 3.91. The van der Waals surface area contributed by atoms with Crippen molar-refractivity contribution in [1.82, 2.24) is 4.90 Å². The molecule has 1 aliphatic heterocycles. The molecule has 4 heteroatoms. The van der Waals surface area contributed by atoms with Gasteiger partial charge in [-0.1, -0.05) is 13.0 Å². The molecule has 0 unspecified atom stereocenters. The van der Waals surface area contributed by atoms with Gasteiger partial charge in [0.25, 0.3) is 0 Å². The molecule has 1 heterocycles. The summed E-state index contributed by atoms with van der Waals surface area (Å²) < 4.78 is 0. The zero-order valence-electron chi connectivity index (χ0n) is 9.69. The predicted octanol–water partition coefficient (Wildman–Crippen LogP) is 1.52. The van der Waals surface area contributed by atoms with Gasteiger partial charge >= 0.3 is 5.97 Å². The SMILES string of the molecule is C=CCCCC(=O)N1C[C@@H](C)[C@H](C(=O)O)C1. The second-order valence-electron chi connectivity index (χ2n) is 4.40. The van der Waals surface area contributed by atoms with Crippen molar-refractivity contribution in [2.45, 2.75) is 26.2 Å². The Kier molecular flexibility index (Phi) is 4.52. The lowest BCUT2D eigenvalue weighted by molar-refractivity contribution is -0.142. The minimum Gasteiger partial charge on any atom is -0.481 e. The van der Waals surface area contributed by atoms with E-state index in [1.807, 2.05) is 6.92 Å². The molecule has 2 atom stereocenters. The number of likely N-dealkylation sites (tertiary alicyclic amines) is 1. The van der Waals surface area contributed by atoms with Crippen molar-refractivity contribution in [3.8, 4) is 0 Å². The number of hydrogen-bond acceptors (Lipinski definition) is 2. The van der Waals surface area contributed by atoms with Crippen LogP contribution in [0.25, 0.3) is 0 Å². The lowest BCUT2D eigenvalue weighted by Gasteiger charge is -2.15. The van der Waals surface area contributed by atoms with Crippen LogP contribution in [-0.2, 0) is 9.59 Å². The highest BCUT2D eigenvalue weighted by Crippen LogP contribution is 2.23. The number of aliphatic carboxylic acids is 1. The van der Waals surface area contributed by atoms with E-state index in [0.29, 0.717) is 19.5 Å². The van der Waals surface area contributed by atoms with E-state index in [-0.39, 0.29) is 11.8 Å². The van der Waals surface area contributed by atoms with Crippen LogP contribution in [0.4, 0.5) is 0 Å². The van der Waals surface area contributed by atoms with Gasteiger partial charge in [0.05, 0.1) is 5.92 Å². The molecule has 1 rings (SSSR count). The first kappa shape index (κ1) is 12.7. The molecule has 1 aliphatic rings. The van der Waals surface area contributed by atoms with Gasteiger partial charge in [0, 0.05) is 19.5 Å². The molecule has 1 saturated heterocycles. The number of carboxylic acid groups (broad SMARTS) is 1. The highest BCUT2D eigenvalue weighted by Gasteiger charge is 2.36. The summed E-state index contributed by atoms with van der Waals surface area (Å²) >= 11 is 0. The van der Waals surface area contributed by atoms with Gasteiger partial charge in [-0.25, -0.2) is 0 Å². The molecule has 1 N–H and O–H groups in total. The second kappa shape index (κ2) is 5.68. The van der Waals surface area contributed by atoms with E-state index in [1.165, 1.54) is 0 Å². The first-order valence-corrected chi connectivity index (χ1v) is 5.67. The summed E-state index contributed by atoms with van der Waals surface area (Å²) in [5.74, 6) is -1.07. The largest absolute Gasteiger partial charge is 0.481 e. The van der Waals surface area contributed by atoms with Crippen molar-refractivity contribution < 1.29 is 14.7 Å². The third-order valence-corrected chi connectivity index (χ3v) is 3.08. The molecule has 0 bridgehead atoms. The molecular weight excluding hydrogens is 206 g/mol. The fourth-order valence-corrected chi connectivity index (χ4v) is 2.05. The first-order chi connectivity index (χ1) is 7.56. The van der Waals surface area contributed by atoms with Gasteiger partial charge in [0.1, 0.15) is 0 Å². The Hall–Kier alpha value is -1.32. The zero-order valence-corrected chi connectivity index (χ0v) is 9.69. The van der Waals surface area contributed by atoms with E-state index >= 15 is 0 Å². The van der Waals surface area contributed by atoms with Crippen LogP contribution < -0.4 is 0 Å². The van der Waals surface area contributed by atoms with Crippen LogP contribution in [0.5, 0.6) is 0 Å². The first-order valence-electron chi connectivity index (χ1n) is 5.67. The van der Waals surface area contributed by atoms with Crippen LogP contribution in [0.15, 0.2) is 12.7 Å². The van der Waals surface area contributed by atoms with Gasteiger partial charge in [-0.05, 0) is 18.8 Å². The molecular formula is C12H19NO3. The van der Waals surface area contributed by atoms with Crippen LogP contribution in [-0.4, -0.2) is 35.0 Å². The molecule has 0 aliphatic carbocycles. The standard InChI is InChI=1S/C12H19NO3/c1-3-4-5-6-11(14)13-7-9(2)10(8-13)12(15)16/h3,9-10H,1,4-8H2,2H3,(H,15,16)/t9-,10-/m1/s1. The number of nitrogens with zero attached hydrogens (tertiary/aromatic N) is 1. The summed E-state index contributed by atoms with van der Waals surface area (Å²) in [6, 6.07) is 0. The fraction of sp³-hybridized carbons (Fsp3) is 0.667. The van der Waals surface area contributed by atoms with Crippen LogP contribution in [0, 0.1) is 11.8 Å². The third kappa shape index (κ3) is 3.08. The van der Waals surface area contributed by atoms with Gasteiger partial charge in [0.15, 0.2) is 0 Å². The van der Waals surface area contributed by atoms with Gasteiger partial charge in [-0.2, -0.15) is 0 Å². The predicted molar refractivity (Wildman–Crippen MR) is 60.9 cm³/mol. The lowest BCUT2D eigenvalue weighted by Crippen LogP contribution is -2.29. The van der Waals surface area contributed by atoms with Gasteiger partial charge < -0.3 is 10.0 Å². The fourth-order valence-electron chi connectivity index (χ4n) is 2.05. The highest BCUT2D eigenvalue weighted by atomic mass is 16.4. The van der Waals surface area contributed by atoms with E-state index in [0.717, 1.165) is 12.8 Å². The van der Waals surface area contributed by atoms with E-state index in [2.05, 4.69) is 6.58 Å². The lowest BCUT2D eigenvalue weighted by atomic mass is 9.99. The molecule has 4 nitrogen and oxygen atoms in total. The average molecular weight is 225 g/mol. The Morgan fingerprint density at radius 3 is 2.69 bits per heavy atom. The Bertz CT molecular complexity index is 288. The Morgan fingerprint density at radius 2 is 2.19 bits per heavy atom. The summed E-state index contributed by atoms with van der Waals surface area (Å²) in [5, 5.41) is 8.95. The minimum atomic E-state index is -0.797. The smallest absolute Gasteiger partial charge is 0.308 e. The van der Waals surface area contributed by atoms with Crippen molar-refractivity contribution in [2.75, 3.05) is 13.1 Å². The molecule has 90 valence electrons. The number of amides is 1. The quantitative estimate of drug-likeness (QED) is 0.570. The highest BCUT2D eigenvalue weighted by molar-refractivity contribution is 5.78. The molecule has 1 amide bonds. The Balaban J connectivity index is 2.42. The minimum absolute atomic E-state index is 0.0563. The van der Waals surface area contributed by atoms with Gasteiger partial charge in [-0.15, -0.1) is 6.58 Å². The van der Waals surface area contributed by atoms with Crippen LogP contribution in [0.2, 0.25) is 0 Å². The third-order valence-electron chi connectivity index (χ3n) is 3.08. The zero-order chi connectivity index (χ0) is 12.1. The van der Waals surface area contributed by atoms with Gasteiger partial charge in [0.2, 0.25) is 5.91 Å². The van der Waals surface area contributed by atoms with Crippen molar-refractivity contribution in [3.05, 3.63) is 12.7 Å². The maximum Gasteiger partial charge on any atom is 0.308 e. The van der Waals surface area contributed by atoms with E-state index < -0.39 is 11.9 Å². The van der Waals surface area contributed by atoms with Crippen LogP contribution in [0.1, 0.15) is 26.2 Å². The van der Waals surface area contributed by atoms with Crippen LogP contribution >= 0.6 is 0 Å². The van der Waals surface area contributed by atoms with Crippen molar-refractivity contribution >= 4 is 11.9 Å². The monoisotopic (exact) mass is 225 g/mol. The van der Waals surface area contributed by atoms with E-state index in [1.54, 1.807) is 11.0 Å². The number of carbonyl (C=O) groups is 2.